The molecule has 0 saturated carbocycles. The van der Waals surface area contributed by atoms with E-state index in [-0.39, 0.29) is 5.60 Å². The molecule has 1 saturated heterocycles. The number of anilines is 1. The lowest BCUT2D eigenvalue weighted by molar-refractivity contribution is -0.00465. The Labute approximate surface area is 129 Å². The molecule has 1 N–H and O–H groups in total. The van der Waals surface area contributed by atoms with E-state index in [1.807, 2.05) is 7.11 Å². The number of hydrogen-bond acceptors (Lipinski definition) is 3. The van der Waals surface area contributed by atoms with Crippen molar-refractivity contribution >= 4 is 5.69 Å². The first-order chi connectivity index (χ1) is 9.93. The highest BCUT2D eigenvalue weighted by Gasteiger charge is 2.30. The highest BCUT2D eigenvalue weighted by atomic mass is 16.5. The van der Waals surface area contributed by atoms with Gasteiger partial charge in [-0.05, 0) is 49.9 Å². The number of nitrogens with one attached hydrogen (secondary N) is 1. The van der Waals surface area contributed by atoms with Crippen LogP contribution in [-0.2, 0) is 11.3 Å². The van der Waals surface area contributed by atoms with E-state index in [4.69, 9.17) is 4.74 Å². The molecule has 0 aromatic heterocycles. The molecule has 118 valence electrons. The van der Waals surface area contributed by atoms with E-state index in [9.17, 15) is 0 Å². The second-order valence-corrected chi connectivity index (χ2v) is 6.83. The van der Waals surface area contributed by atoms with Gasteiger partial charge in [0.05, 0.1) is 5.60 Å². The molecule has 0 amide bonds. The Balaban J connectivity index is 2.09. The van der Waals surface area contributed by atoms with E-state index in [0.29, 0.717) is 6.04 Å². The summed E-state index contributed by atoms with van der Waals surface area (Å²) in [5, 5.41) is 3.49. The SMILES string of the molecule is COC1(C)CCCN(c2ccc(CNC(C)C)c(C)c2)C1. The monoisotopic (exact) mass is 290 g/mol. The third kappa shape index (κ3) is 4.21. The van der Waals surface area contributed by atoms with E-state index in [2.05, 4.69) is 56.1 Å². The summed E-state index contributed by atoms with van der Waals surface area (Å²) in [6.07, 6.45) is 2.34. The predicted octanol–water partition coefficient (Wildman–Crippen LogP) is 3.50. The van der Waals surface area contributed by atoms with Crippen molar-refractivity contribution < 1.29 is 4.74 Å². The largest absolute Gasteiger partial charge is 0.377 e. The zero-order chi connectivity index (χ0) is 15.5. The lowest BCUT2D eigenvalue weighted by atomic mass is 9.94. The van der Waals surface area contributed by atoms with Crippen LogP contribution < -0.4 is 10.2 Å². The molecule has 2 rings (SSSR count). The van der Waals surface area contributed by atoms with Crippen molar-refractivity contribution in [2.24, 2.45) is 0 Å². The van der Waals surface area contributed by atoms with Gasteiger partial charge in [-0.25, -0.2) is 0 Å². The molecular formula is C18H30N2O. The second kappa shape index (κ2) is 6.80. The maximum atomic E-state index is 5.70. The Morgan fingerprint density at radius 2 is 2.14 bits per heavy atom. The molecule has 1 fully saturated rings. The Hall–Kier alpha value is -1.06. The van der Waals surface area contributed by atoms with Gasteiger partial charge in [-0.15, -0.1) is 0 Å². The summed E-state index contributed by atoms with van der Waals surface area (Å²) in [6, 6.07) is 7.36. The summed E-state index contributed by atoms with van der Waals surface area (Å²) >= 11 is 0. The van der Waals surface area contributed by atoms with Crippen LogP contribution in [0.15, 0.2) is 18.2 Å². The van der Waals surface area contributed by atoms with Gasteiger partial charge in [0.2, 0.25) is 0 Å². The first-order valence-electron chi connectivity index (χ1n) is 8.06. The van der Waals surface area contributed by atoms with E-state index in [1.54, 1.807) is 0 Å². The lowest BCUT2D eigenvalue weighted by Gasteiger charge is -2.40. The highest BCUT2D eigenvalue weighted by molar-refractivity contribution is 5.51. The number of nitrogens with zero attached hydrogens (tertiary/aromatic N) is 1. The molecule has 3 nitrogen and oxygen atoms in total. The van der Waals surface area contributed by atoms with Gasteiger partial charge in [-0.2, -0.15) is 0 Å². The van der Waals surface area contributed by atoms with Crippen molar-refractivity contribution in [3.05, 3.63) is 29.3 Å². The minimum absolute atomic E-state index is 0.00990. The Morgan fingerprint density at radius 1 is 1.38 bits per heavy atom. The van der Waals surface area contributed by atoms with E-state index in [0.717, 1.165) is 26.1 Å². The summed E-state index contributed by atoms with van der Waals surface area (Å²) in [5.41, 5.74) is 4.07. The van der Waals surface area contributed by atoms with Crippen LogP contribution in [0.1, 0.15) is 44.7 Å². The van der Waals surface area contributed by atoms with Gasteiger partial charge in [0.1, 0.15) is 0 Å². The first-order valence-corrected chi connectivity index (χ1v) is 8.06. The van der Waals surface area contributed by atoms with Crippen LogP contribution in [0, 0.1) is 6.92 Å². The van der Waals surface area contributed by atoms with Crippen molar-refractivity contribution in [1.82, 2.24) is 5.32 Å². The molecule has 0 radical (unpaired) electrons. The predicted molar refractivity (Wildman–Crippen MR) is 90.0 cm³/mol. The zero-order valence-corrected chi connectivity index (χ0v) is 14.2. The molecule has 0 bridgehead atoms. The van der Waals surface area contributed by atoms with Crippen LogP contribution in [0.5, 0.6) is 0 Å². The van der Waals surface area contributed by atoms with Gasteiger partial charge in [-0.3, -0.25) is 0 Å². The maximum absolute atomic E-state index is 5.70. The number of piperidine rings is 1. The van der Waals surface area contributed by atoms with Crippen molar-refractivity contribution in [3.63, 3.8) is 0 Å². The minimum Gasteiger partial charge on any atom is -0.377 e. The third-order valence-electron chi connectivity index (χ3n) is 4.54. The molecule has 0 spiro atoms. The number of methoxy groups -OCH3 is 1. The number of hydrogen-bond donors (Lipinski definition) is 1. The van der Waals surface area contributed by atoms with E-state index < -0.39 is 0 Å². The minimum atomic E-state index is -0.00990. The molecule has 1 atom stereocenters. The highest BCUT2D eigenvalue weighted by Crippen LogP contribution is 2.29. The average molecular weight is 290 g/mol. The molecular weight excluding hydrogens is 260 g/mol. The molecule has 1 heterocycles. The Bertz CT molecular complexity index is 472. The summed E-state index contributed by atoms with van der Waals surface area (Å²) in [6.45, 7) is 11.8. The fourth-order valence-corrected chi connectivity index (χ4v) is 2.98. The van der Waals surface area contributed by atoms with Gasteiger partial charge >= 0.3 is 0 Å². The second-order valence-electron chi connectivity index (χ2n) is 6.83. The molecule has 1 aromatic carbocycles. The van der Waals surface area contributed by atoms with Gasteiger partial charge in [0.25, 0.3) is 0 Å². The molecule has 3 heteroatoms. The lowest BCUT2D eigenvalue weighted by Crippen LogP contribution is -2.47. The number of rotatable bonds is 5. The molecule has 21 heavy (non-hydrogen) atoms. The topological polar surface area (TPSA) is 24.5 Å². The Kier molecular flexibility index (Phi) is 5.28. The van der Waals surface area contributed by atoms with Crippen LogP contribution in [0.4, 0.5) is 5.69 Å². The number of ether oxygens (including phenoxy) is 1. The van der Waals surface area contributed by atoms with Crippen LogP contribution in [0.2, 0.25) is 0 Å². The molecule has 1 aliphatic rings. The summed E-state index contributed by atoms with van der Waals surface area (Å²) in [7, 11) is 1.83. The molecule has 0 aliphatic carbocycles. The van der Waals surface area contributed by atoms with Crippen LogP contribution in [-0.4, -0.2) is 31.8 Å². The standard InChI is InChI=1S/C18H30N2O/c1-14(2)19-12-16-7-8-17(11-15(16)3)20-10-6-9-18(4,13-20)21-5/h7-8,11,14,19H,6,9-10,12-13H2,1-5H3. The Morgan fingerprint density at radius 3 is 2.76 bits per heavy atom. The third-order valence-corrected chi connectivity index (χ3v) is 4.54. The van der Waals surface area contributed by atoms with Crippen LogP contribution in [0.3, 0.4) is 0 Å². The normalized spacial score (nSPS) is 22.9. The van der Waals surface area contributed by atoms with Gasteiger partial charge in [-0.1, -0.05) is 19.9 Å². The summed E-state index contributed by atoms with van der Waals surface area (Å²) in [4.78, 5) is 2.46. The maximum Gasteiger partial charge on any atom is 0.0825 e. The fraction of sp³-hybridized carbons (Fsp3) is 0.667. The van der Waals surface area contributed by atoms with E-state index >= 15 is 0 Å². The smallest absolute Gasteiger partial charge is 0.0825 e. The quantitative estimate of drug-likeness (QED) is 0.898. The summed E-state index contributed by atoms with van der Waals surface area (Å²) < 4.78 is 5.70. The molecule has 1 aromatic rings. The van der Waals surface area contributed by atoms with Crippen molar-refractivity contribution in [2.75, 3.05) is 25.1 Å². The van der Waals surface area contributed by atoms with E-state index in [1.165, 1.54) is 23.2 Å². The van der Waals surface area contributed by atoms with Crippen LogP contribution >= 0.6 is 0 Å². The number of benzene rings is 1. The summed E-state index contributed by atoms with van der Waals surface area (Å²) in [5.74, 6) is 0. The van der Waals surface area contributed by atoms with Gasteiger partial charge in [0, 0.05) is 38.5 Å². The molecule has 1 unspecified atom stereocenters. The average Bonchev–Trinajstić information content (AvgIpc) is 2.46. The van der Waals surface area contributed by atoms with Crippen molar-refractivity contribution in [2.45, 2.75) is 58.7 Å². The number of aryl methyl sites for hydroxylation is 1. The fourth-order valence-electron chi connectivity index (χ4n) is 2.98. The first kappa shape index (κ1) is 16.3. The zero-order valence-electron chi connectivity index (χ0n) is 14.2. The van der Waals surface area contributed by atoms with Gasteiger partial charge < -0.3 is 15.0 Å². The van der Waals surface area contributed by atoms with Crippen molar-refractivity contribution in [1.29, 1.82) is 0 Å². The van der Waals surface area contributed by atoms with Crippen molar-refractivity contribution in [3.8, 4) is 0 Å². The van der Waals surface area contributed by atoms with Crippen LogP contribution in [0.25, 0.3) is 0 Å². The van der Waals surface area contributed by atoms with Gasteiger partial charge in [0.15, 0.2) is 0 Å². The molecule has 1 aliphatic heterocycles.